The minimum Gasteiger partial charge on any atom is -0.480 e. The molecule has 1 aliphatic rings. The van der Waals surface area contributed by atoms with Crippen molar-refractivity contribution in [3.05, 3.63) is 0 Å². The first-order valence-electron chi connectivity index (χ1n) is 4.65. The van der Waals surface area contributed by atoms with Crippen molar-refractivity contribution < 1.29 is 46.1 Å². The fourth-order valence-corrected chi connectivity index (χ4v) is 1.73. The first kappa shape index (κ1) is 15.5. The zero-order valence-corrected chi connectivity index (χ0v) is 8.89. The number of nitrogens with one attached hydrogen (secondary N) is 1. The molecule has 11 heteroatoms. The molecule has 0 unspecified atom stereocenters. The van der Waals surface area contributed by atoms with Gasteiger partial charge >= 0.3 is 24.2 Å². The number of carbonyl (C=O) groups excluding carboxylic acids is 1. The summed E-state index contributed by atoms with van der Waals surface area (Å²) < 4.78 is 72.7. The van der Waals surface area contributed by atoms with Crippen LogP contribution < -0.4 is 5.32 Å². The molecular weight excluding hydrogens is 288 g/mol. The Kier molecular flexibility index (Phi) is 3.26. The van der Waals surface area contributed by atoms with Crippen molar-refractivity contribution in [2.24, 2.45) is 0 Å². The lowest BCUT2D eigenvalue weighted by atomic mass is 9.64. The van der Waals surface area contributed by atoms with Gasteiger partial charge in [0, 0.05) is 12.8 Å². The van der Waals surface area contributed by atoms with Gasteiger partial charge in [0.15, 0.2) is 5.60 Å². The van der Waals surface area contributed by atoms with E-state index in [0.717, 1.165) is 5.32 Å². The van der Waals surface area contributed by atoms with Crippen LogP contribution in [-0.2, 0) is 9.59 Å². The van der Waals surface area contributed by atoms with E-state index in [2.05, 4.69) is 0 Å². The van der Waals surface area contributed by atoms with Crippen molar-refractivity contribution in [2.45, 2.75) is 36.3 Å². The Balaban J connectivity index is 2.90. The van der Waals surface area contributed by atoms with Gasteiger partial charge < -0.3 is 15.5 Å². The molecule has 1 rings (SSSR count). The molecule has 1 saturated carbocycles. The molecule has 0 atom stereocenters. The van der Waals surface area contributed by atoms with Crippen LogP contribution in [0.25, 0.3) is 0 Å². The number of carboxylic acid groups (broad SMARTS) is 1. The molecule has 3 N–H and O–H groups in total. The molecule has 1 fully saturated rings. The normalized spacial score (nSPS) is 31.5. The summed E-state index contributed by atoms with van der Waals surface area (Å²) in [6, 6.07) is 0. The molecule has 1 aliphatic carbocycles. The summed E-state index contributed by atoms with van der Waals surface area (Å²) in [4.78, 5) is 21.3. The first-order valence-corrected chi connectivity index (χ1v) is 4.65. The number of amides is 1. The standard InChI is InChI=1S/C8H7F6NO4/c9-7(10,11)3(16)15-5(4(17)18)1-6(19,2-5)8(12,13)14/h19H,1-2H2,(H,15,16)(H,17,18). The molecule has 0 radical (unpaired) electrons. The number of halogens is 6. The van der Waals surface area contributed by atoms with Gasteiger partial charge in [0.05, 0.1) is 0 Å². The van der Waals surface area contributed by atoms with Crippen molar-refractivity contribution in [2.75, 3.05) is 0 Å². The minimum absolute atomic E-state index is 0.973. The predicted molar refractivity (Wildman–Crippen MR) is 44.8 cm³/mol. The fourth-order valence-electron chi connectivity index (χ4n) is 1.73. The lowest BCUT2D eigenvalue weighted by Gasteiger charge is -2.50. The summed E-state index contributed by atoms with van der Waals surface area (Å²) in [6.07, 6.45) is -13.8. The number of hydrogen-bond acceptors (Lipinski definition) is 3. The van der Waals surface area contributed by atoms with Crippen LogP contribution in [-0.4, -0.2) is 45.6 Å². The van der Waals surface area contributed by atoms with E-state index in [0.29, 0.717) is 0 Å². The van der Waals surface area contributed by atoms with Crippen molar-refractivity contribution in [1.82, 2.24) is 5.32 Å². The molecule has 0 aromatic heterocycles. The second kappa shape index (κ2) is 3.99. The number of aliphatic carboxylic acids is 1. The summed E-state index contributed by atoms with van der Waals surface area (Å²) in [6.45, 7) is 0. The van der Waals surface area contributed by atoms with E-state index in [1.165, 1.54) is 0 Å². The van der Waals surface area contributed by atoms with Gasteiger partial charge in [0.25, 0.3) is 0 Å². The average molecular weight is 295 g/mol. The predicted octanol–water partition coefficient (Wildman–Crippen LogP) is 0.575. The maximum absolute atomic E-state index is 12.3. The van der Waals surface area contributed by atoms with Gasteiger partial charge in [-0.1, -0.05) is 0 Å². The van der Waals surface area contributed by atoms with Gasteiger partial charge in [0.1, 0.15) is 5.54 Å². The van der Waals surface area contributed by atoms with E-state index in [-0.39, 0.29) is 0 Å². The molecule has 0 heterocycles. The van der Waals surface area contributed by atoms with Crippen LogP contribution in [0.1, 0.15) is 12.8 Å². The van der Waals surface area contributed by atoms with Crippen LogP contribution in [0.3, 0.4) is 0 Å². The molecular formula is C8H7F6NO4. The lowest BCUT2D eigenvalue weighted by molar-refractivity contribution is -0.303. The van der Waals surface area contributed by atoms with E-state index in [1.54, 1.807) is 0 Å². The van der Waals surface area contributed by atoms with Gasteiger partial charge in [-0.3, -0.25) is 4.79 Å². The van der Waals surface area contributed by atoms with Gasteiger partial charge in [-0.25, -0.2) is 4.79 Å². The number of carboxylic acids is 1. The first-order chi connectivity index (χ1) is 8.24. The summed E-state index contributed by atoms with van der Waals surface area (Å²) in [5, 5.41) is 18.6. The minimum atomic E-state index is -5.44. The molecule has 1 amide bonds. The molecule has 0 spiro atoms. The Morgan fingerprint density at radius 2 is 1.47 bits per heavy atom. The van der Waals surface area contributed by atoms with Crippen molar-refractivity contribution >= 4 is 11.9 Å². The van der Waals surface area contributed by atoms with E-state index >= 15 is 0 Å². The maximum Gasteiger partial charge on any atom is 0.471 e. The molecule has 19 heavy (non-hydrogen) atoms. The number of aliphatic hydroxyl groups is 1. The van der Waals surface area contributed by atoms with Gasteiger partial charge in [-0.15, -0.1) is 0 Å². The molecule has 0 saturated heterocycles. The quantitative estimate of drug-likeness (QED) is 0.650. The molecule has 0 aromatic carbocycles. The zero-order valence-electron chi connectivity index (χ0n) is 8.89. The van der Waals surface area contributed by atoms with Crippen LogP contribution in [0.2, 0.25) is 0 Å². The SMILES string of the molecule is O=C(NC1(C(=O)O)CC(O)(C(F)(F)F)C1)C(F)(F)F. The van der Waals surface area contributed by atoms with Crippen LogP contribution >= 0.6 is 0 Å². The molecule has 5 nitrogen and oxygen atoms in total. The maximum atomic E-state index is 12.3. The Hall–Kier alpha value is -1.52. The number of alkyl halides is 6. The Bertz CT molecular complexity index is 408. The summed E-state index contributed by atoms with van der Waals surface area (Å²) >= 11 is 0. The second-order valence-corrected chi connectivity index (χ2v) is 4.22. The summed E-state index contributed by atoms with van der Waals surface area (Å²) in [5.74, 6) is -4.77. The van der Waals surface area contributed by atoms with Crippen LogP contribution in [0.5, 0.6) is 0 Å². The van der Waals surface area contributed by atoms with E-state index < -0.39 is 48.2 Å². The topological polar surface area (TPSA) is 86.6 Å². The molecule has 110 valence electrons. The zero-order chi connectivity index (χ0) is 15.3. The highest BCUT2D eigenvalue weighted by molar-refractivity contribution is 5.90. The summed E-state index contributed by atoms with van der Waals surface area (Å²) in [7, 11) is 0. The van der Waals surface area contributed by atoms with Crippen LogP contribution in [0.15, 0.2) is 0 Å². The monoisotopic (exact) mass is 295 g/mol. The molecule has 0 aromatic rings. The van der Waals surface area contributed by atoms with Crippen molar-refractivity contribution in [3.63, 3.8) is 0 Å². The van der Waals surface area contributed by atoms with Crippen molar-refractivity contribution in [1.29, 1.82) is 0 Å². The Labute approximate surface area is 101 Å². The Morgan fingerprint density at radius 1 is 1.05 bits per heavy atom. The highest BCUT2D eigenvalue weighted by atomic mass is 19.4. The average Bonchev–Trinajstić information content (AvgIpc) is 2.10. The van der Waals surface area contributed by atoms with Crippen LogP contribution in [0, 0.1) is 0 Å². The number of rotatable bonds is 2. The van der Waals surface area contributed by atoms with Crippen molar-refractivity contribution in [3.8, 4) is 0 Å². The third-order valence-corrected chi connectivity index (χ3v) is 2.74. The molecule has 0 bridgehead atoms. The van der Waals surface area contributed by atoms with Gasteiger partial charge in [0.2, 0.25) is 0 Å². The van der Waals surface area contributed by atoms with E-state index in [9.17, 15) is 35.9 Å². The second-order valence-electron chi connectivity index (χ2n) is 4.22. The lowest BCUT2D eigenvalue weighted by Crippen LogP contribution is -2.74. The largest absolute Gasteiger partial charge is 0.480 e. The van der Waals surface area contributed by atoms with Gasteiger partial charge in [-0.2, -0.15) is 26.3 Å². The number of hydrogen-bond donors (Lipinski definition) is 3. The van der Waals surface area contributed by atoms with Crippen LogP contribution in [0.4, 0.5) is 26.3 Å². The van der Waals surface area contributed by atoms with E-state index in [4.69, 9.17) is 10.2 Å². The highest BCUT2D eigenvalue weighted by Gasteiger charge is 2.71. The number of carbonyl (C=O) groups is 2. The van der Waals surface area contributed by atoms with Gasteiger partial charge in [-0.05, 0) is 0 Å². The summed E-state index contributed by atoms with van der Waals surface area (Å²) in [5.41, 5.74) is -6.21. The third kappa shape index (κ3) is 2.60. The molecule has 0 aliphatic heterocycles. The fraction of sp³-hybridized carbons (Fsp3) is 0.750. The highest BCUT2D eigenvalue weighted by Crippen LogP contribution is 2.51. The smallest absolute Gasteiger partial charge is 0.471 e. The Morgan fingerprint density at radius 3 is 1.74 bits per heavy atom. The third-order valence-electron chi connectivity index (χ3n) is 2.74. The van der Waals surface area contributed by atoms with E-state index in [1.807, 2.05) is 0 Å².